The predicted molar refractivity (Wildman–Crippen MR) is 92.6 cm³/mol. The van der Waals surface area contributed by atoms with Gasteiger partial charge in [-0.25, -0.2) is 9.37 Å². The summed E-state index contributed by atoms with van der Waals surface area (Å²) in [6.45, 7) is 0.0358. The first kappa shape index (κ1) is 17.5. The molecule has 0 unspecified atom stereocenters. The molecule has 0 saturated carbocycles. The molecule has 0 fully saturated rings. The molecular formula is C19H17FN2O4. The molecule has 2 aromatic carbocycles. The van der Waals surface area contributed by atoms with E-state index in [0.29, 0.717) is 28.2 Å². The van der Waals surface area contributed by atoms with Crippen LogP contribution in [-0.2, 0) is 6.54 Å². The van der Waals surface area contributed by atoms with E-state index in [4.69, 9.17) is 13.9 Å². The van der Waals surface area contributed by atoms with Crippen LogP contribution in [0.3, 0.4) is 0 Å². The number of oxazole rings is 1. The van der Waals surface area contributed by atoms with Crippen LogP contribution in [-0.4, -0.2) is 25.1 Å². The van der Waals surface area contributed by atoms with Gasteiger partial charge in [0.25, 0.3) is 5.91 Å². The van der Waals surface area contributed by atoms with Gasteiger partial charge in [0.05, 0.1) is 26.0 Å². The smallest absolute Gasteiger partial charge is 0.251 e. The third-order valence-electron chi connectivity index (χ3n) is 3.86. The Labute approximate surface area is 149 Å². The number of halogens is 1. The van der Waals surface area contributed by atoms with E-state index in [1.165, 1.54) is 26.7 Å². The second kappa shape index (κ2) is 7.69. The van der Waals surface area contributed by atoms with Crippen LogP contribution >= 0.6 is 0 Å². The number of rotatable bonds is 6. The highest BCUT2D eigenvalue weighted by molar-refractivity contribution is 5.95. The molecule has 0 aliphatic rings. The summed E-state index contributed by atoms with van der Waals surface area (Å²) in [6.07, 6.45) is 2.88. The average Bonchev–Trinajstić information content (AvgIpc) is 3.21. The summed E-state index contributed by atoms with van der Waals surface area (Å²) in [5, 5.41) is 2.69. The third kappa shape index (κ3) is 3.51. The molecule has 0 aliphatic carbocycles. The summed E-state index contributed by atoms with van der Waals surface area (Å²) in [5.74, 6) is 0.298. The number of ether oxygens (including phenoxy) is 2. The third-order valence-corrected chi connectivity index (χ3v) is 3.86. The van der Waals surface area contributed by atoms with Gasteiger partial charge in [-0.1, -0.05) is 12.1 Å². The molecule has 134 valence electrons. The lowest BCUT2D eigenvalue weighted by atomic mass is 10.1. The number of amides is 1. The van der Waals surface area contributed by atoms with E-state index in [-0.39, 0.29) is 18.2 Å². The van der Waals surface area contributed by atoms with E-state index in [0.717, 1.165) is 0 Å². The first-order valence-electron chi connectivity index (χ1n) is 7.80. The number of carbonyl (C=O) groups excluding carboxylic acids is 1. The maximum atomic E-state index is 14.1. The molecule has 3 rings (SSSR count). The molecule has 0 aliphatic heterocycles. The Bertz CT molecular complexity index is 910. The summed E-state index contributed by atoms with van der Waals surface area (Å²) in [6, 6.07) is 9.71. The summed E-state index contributed by atoms with van der Waals surface area (Å²) in [7, 11) is 2.89. The van der Waals surface area contributed by atoms with Gasteiger partial charge in [0.15, 0.2) is 23.7 Å². The maximum Gasteiger partial charge on any atom is 0.251 e. The van der Waals surface area contributed by atoms with Gasteiger partial charge in [-0.05, 0) is 24.3 Å². The molecule has 0 spiro atoms. The van der Waals surface area contributed by atoms with Crippen molar-refractivity contribution in [2.45, 2.75) is 6.54 Å². The van der Waals surface area contributed by atoms with Crippen molar-refractivity contribution in [3.05, 3.63) is 65.9 Å². The minimum atomic E-state index is -0.492. The largest absolute Gasteiger partial charge is 0.496 e. The van der Waals surface area contributed by atoms with Crippen molar-refractivity contribution >= 4 is 5.91 Å². The zero-order valence-electron chi connectivity index (χ0n) is 14.3. The lowest BCUT2D eigenvalue weighted by molar-refractivity contribution is 0.0950. The molecule has 1 N–H and O–H groups in total. The fourth-order valence-corrected chi connectivity index (χ4v) is 2.51. The Kier molecular flexibility index (Phi) is 5.17. The zero-order valence-corrected chi connectivity index (χ0v) is 14.3. The van der Waals surface area contributed by atoms with Crippen LogP contribution in [0.4, 0.5) is 4.39 Å². The molecule has 26 heavy (non-hydrogen) atoms. The fraction of sp³-hybridized carbons (Fsp3) is 0.158. The molecule has 1 aromatic heterocycles. The summed E-state index contributed by atoms with van der Waals surface area (Å²) >= 11 is 0. The van der Waals surface area contributed by atoms with Gasteiger partial charge < -0.3 is 19.2 Å². The molecule has 0 bridgehead atoms. The highest BCUT2D eigenvalue weighted by atomic mass is 19.1. The van der Waals surface area contributed by atoms with E-state index >= 15 is 0 Å². The van der Waals surface area contributed by atoms with Crippen molar-refractivity contribution < 1.29 is 23.1 Å². The SMILES string of the molecule is COc1cc(C(=O)NCc2cccc(OC)c2F)ccc1-c1cnco1. The van der Waals surface area contributed by atoms with E-state index < -0.39 is 5.82 Å². The molecule has 0 atom stereocenters. The van der Waals surface area contributed by atoms with E-state index in [1.807, 2.05) is 0 Å². The summed E-state index contributed by atoms with van der Waals surface area (Å²) < 4.78 is 29.7. The van der Waals surface area contributed by atoms with E-state index in [2.05, 4.69) is 10.3 Å². The Balaban J connectivity index is 1.76. The first-order valence-corrected chi connectivity index (χ1v) is 7.80. The Hall–Kier alpha value is -3.35. The molecule has 3 aromatic rings. The monoisotopic (exact) mass is 356 g/mol. The zero-order chi connectivity index (χ0) is 18.5. The Morgan fingerprint density at radius 1 is 1.19 bits per heavy atom. The Morgan fingerprint density at radius 2 is 2.00 bits per heavy atom. The van der Waals surface area contributed by atoms with Crippen molar-refractivity contribution in [3.63, 3.8) is 0 Å². The highest BCUT2D eigenvalue weighted by Crippen LogP contribution is 2.30. The van der Waals surface area contributed by atoms with Gasteiger partial charge >= 0.3 is 0 Å². The number of methoxy groups -OCH3 is 2. The molecule has 1 heterocycles. The average molecular weight is 356 g/mol. The van der Waals surface area contributed by atoms with Crippen LogP contribution in [0.2, 0.25) is 0 Å². The minimum absolute atomic E-state index is 0.0358. The van der Waals surface area contributed by atoms with Crippen molar-refractivity contribution in [3.8, 4) is 22.8 Å². The van der Waals surface area contributed by atoms with Gasteiger partial charge in [0.2, 0.25) is 0 Å². The van der Waals surface area contributed by atoms with Crippen molar-refractivity contribution in [2.24, 2.45) is 0 Å². The standard InChI is InChI=1S/C19H17FN2O4/c1-24-15-5-3-4-13(18(15)20)9-22-19(23)12-6-7-14(16(8-12)25-2)17-10-21-11-26-17/h3-8,10-11H,9H2,1-2H3,(H,22,23). The van der Waals surface area contributed by atoms with Crippen molar-refractivity contribution in [1.82, 2.24) is 10.3 Å². The normalized spacial score (nSPS) is 10.4. The lowest BCUT2D eigenvalue weighted by Crippen LogP contribution is -2.23. The number of benzene rings is 2. The van der Waals surface area contributed by atoms with Gasteiger partial charge in [-0.15, -0.1) is 0 Å². The van der Waals surface area contributed by atoms with E-state index in [9.17, 15) is 9.18 Å². The van der Waals surface area contributed by atoms with Crippen LogP contribution in [0.1, 0.15) is 15.9 Å². The number of hydrogen-bond acceptors (Lipinski definition) is 5. The molecule has 6 nitrogen and oxygen atoms in total. The van der Waals surface area contributed by atoms with Crippen molar-refractivity contribution in [2.75, 3.05) is 14.2 Å². The molecule has 7 heteroatoms. The lowest BCUT2D eigenvalue weighted by Gasteiger charge is -2.11. The maximum absolute atomic E-state index is 14.1. The molecule has 0 radical (unpaired) electrons. The predicted octanol–water partition coefficient (Wildman–Crippen LogP) is 3.43. The van der Waals surface area contributed by atoms with Crippen LogP contribution in [0.25, 0.3) is 11.3 Å². The molecule has 0 saturated heterocycles. The van der Waals surface area contributed by atoms with Gasteiger partial charge in [0.1, 0.15) is 5.75 Å². The second-order valence-electron chi connectivity index (χ2n) is 5.40. The first-order chi connectivity index (χ1) is 12.6. The number of nitrogens with one attached hydrogen (secondary N) is 1. The van der Waals surface area contributed by atoms with E-state index in [1.54, 1.807) is 36.5 Å². The van der Waals surface area contributed by atoms with Crippen molar-refractivity contribution in [1.29, 1.82) is 0 Å². The van der Waals surface area contributed by atoms with Crippen LogP contribution < -0.4 is 14.8 Å². The topological polar surface area (TPSA) is 73.6 Å². The highest BCUT2D eigenvalue weighted by Gasteiger charge is 2.14. The quantitative estimate of drug-likeness (QED) is 0.732. The fourth-order valence-electron chi connectivity index (χ4n) is 2.51. The summed E-state index contributed by atoms with van der Waals surface area (Å²) in [5.41, 5.74) is 1.40. The van der Waals surface area contributed by atoms with Crippen LogP contribution in [0.5, 0.6) is 11.5 Å². The molecular weight excluding hydrogens is 339 g/mol. The number of aromatic nitrogens is 1. The van der Waals surface area contributed by atoms with Gasteiger partial charge in [0, 0.05) is 17.7 Å². The van der Waals surface area contributed by atoms with Crippen LogP contribution in [0, 0.1) is 5.82 Å². The second-order valence-corrected chi connectivity index (χ2v) is 5.40. The number of nitrogens with zero attached hydrogens (tertiary/aromatic N) is 1. The molecule has 1 amide bonds. The summed E-state index contributed by atoms with van der Waals surface area (Å²) in [4.78, 5) is 16.3. The number of hydrogen-bond donors (Lipinski definition) is 1. The number of carbonyl (C=O) groups is 1. The Morgan fingerprint density at radius 3 is 2.69 bits per heavy atom. The van der Waals surface area contributed by atoms with Crippen LogP contribution in [0.15, 0.2) is 53.4 Å². The van der Waals surface area contributed by atoms with Gasteiger partial charge in [-0.3, -0.25) is 4.79 Å². The minimum Gasteiger partial charge on any atom is -0.496 e. The van der Waals surface area contributed by atoms with Gasteiger partial charge in [-0.2, -0.15) is 0 Å².